The summed E-state index contributed by atoms with van der Waals surface area (Å²) in [5.74, 6) is -0.109. The maximum Gasteiger partial charge on any atom is 0.251 e. The van der Waals surface area contributed by atoms with Gasteiger partial charge in [-0.3, -0.25) is 9.59 Å². The van der Waals surface area contributed by atoms with Gasteiger partial charge in [-0.1, -0.05) is 12.5 Å². The zero-order valence-corrected chi connectivity index (χ0v) is 14.8. The van der Waals surface area contributed by atoms with Gasteiger partial charge < -0.3 is 10.2 Å². The van der Waals surface area contributed by atoms with Crippen molar-refractivity contribution in [1.82, 2.24) is 10.2 Å². The lowest BCUT2D eigenvalue weighted by Gasteiger charge is -2.20. The number of rotatable bonds is 6. The van der Waals surface area contributed by atoms with Crippen LogP contribution in [0.3, 0.4) is 0 Å². The van der Waals surface area contributed by atoms with E-state index in [0.717, 1.165) is 32.1 Å². The quantitative estimate of drug-likeness (QED) is 0.789. The van der Waals surface area contributed by atoms with E-state index in [0.29, 0.717) is 31.5 Å². The van der Waals surface area contributed by atoms with E-state index < -0.39 is 9.84 Å². The van der Waals surface area contributed by atoms with Gasteiger partial charge >= 0.3 is 0 Å². The van der Waals surface area contributed by atoms with Crippen molar-refractivity contribution in [1.29, 1.82) is 0 Å². The van der Waals surface area contributed by atoms with E-state index in [2.05, 4.69) is 5.32 Å². The third-order valence-electron chi connectivity index (χ3n) is 4.09. The Hall–Kier alpha value is -1.89. The molecular weight excluding hydrogens is 328 g/mol. The molecule has 2 rings (SSSR count). The third-order valence-corrected chi connectivity index (χ3v) is 5.20. The van der Waals surface area contributed by atoms with Crippen molar-refractivity contribution in [3.05, 3.63) is 29.8 Å². The highest BCUT2D eigenvalue weighted by atomic mass is 32.2. The van der Waals surface area contributed by atoms with Crippen LogP contribution in [-0.4, -0.2) is 51.0 Å². The number of sulfone groups is 1. The number of likely N-dealkylation sites (tertiary alicyclic amines) is 1. The Balaban J connectivity index is 1.82. The summed E-state index contributed by atoms with van der Waals surface area (Å²) in [5, 5.41) is 2.78. The Morgan fingerprint density at radius 1 is 1.25 bits per heavy atom. The van der Waals surface area contributed by atoms with Crippen molar-refractivity contribution in [3.63, 3.8) is 0 Å². The minimum absolute atomic E-state index is 0.130. The molecule has 2 amide bonds. The zero-order chi connectivity index (χ0) is 17.6. The first-order valence-electron chi connectivity index (χ1n) is 8.24. The van der Waals surface area contributed by atoms with Gasteiger partial charge in [0, 0.05) is 37.9 Å². The van der Waals surface area contributed by atoms with Gasteiger partial charge in [-0.25, -0.2) is 8.42 Å². The first-order chi connectivity index (χ1) is 11.4. The van der Waals surface area contributed by atoms with Crippen molar-refractivity contribution >= 4 is 21.7 Å². The van der Waals surface area contributed by atoms with E-state index in [4.69, 9.17) is 0 Å². The van der Waals surface area contributed by atoms with Gasteiger partial charge in [0.15, 0.2) is 9.84 Å². The molecule has 0 spiro atoms. The van der Waals surface area contributed by atoms with Crippen LogP contribution in [0, 0.1) is 0 Å². The molecule has 1 N–H and O–H groups in total. The number of carbonyl (C=O) groups excluding carboxylic acids is 2. The number of hydrogen-bond acceptors (Lipinski definition) is 4. The summed E-state index contributed by atoms with van der Waals surface area (Å²) in [7, 11) is -3.33. The Morgan fingerprint density at radius 3 is 2.79 bits per heavy atom. The minimum atomic E-state index is -3.33. The van der Waals surface area contributed by atoms with E-state index in [1.54, 1.807) is 12.1 Å². The van der Waals surface area contributed by atoms with Crippen LogP contribution in [-0.2, 0) is 14.6 Å². The normalized spacial score (nSPS) is 15.9. The number of benzene rings is 1. The zero-order valence-electron chi connectivity index (χ0n) is 14.0. The molecule has 24 heavy (non-hydrogen) atoms. The lowest BCUT2D eigenvalue weighted by Crippen LogP contribution is -2.34. The van der Waals surface area contributed by atoms with Crippen LogP contribution in [0.4, 0.5) is 0 Å². The second-order valence-electron chi connectivity index (χ2n) is 6.10. The van der Waals surface area contributed by atoms with Crippen molar-refractivity contribution in [2.45, 2.75) is 37.0 Å². The molecule has 1 aromatic rings. The van der Waals surface area contributed by atoms with Crippen LogP contribution < -0.4 is 5.32 Å². The molecule has 1 fully saturated rings. The molecule has 7 heteroatoms. The number of hydrogen-bond donors (Lipinski definition) is 1. The molecule has 132 valence electrons. The summed E-state index contributed by atoms with van der Waals surface area (Å²) >= 11 is 0. The Morgan fingerprint density at radius 2 is 2.04 bits per heavy atom. The average Bonchev–Trinajstić information content (AvgIpc) is 2.75. The average molecular weight is 352 g/mol. The summed E-state index contributed by atoms with van der Waals surface area (Å²) in [6.07, 6.45) is 5.50. The molecular formula is C17H24N2O4S. The third kappa shape index (κ3) is 5.33. The van der Waals surface area contributed by atoms with Crippen molar-refractivity contribution in [2.75, 3.05) is 25.9 Å². The molecule has 0 saturated carbocycles. The second-order valence-corrected chi connectivity index (χ2v) is 8.12. The molecule has 0 bridgehead atoms. The van der Waals surface area contributed by atoms with E-state index >= 15 is 0 Å². The largest absolute Gasteiger partial charge is 0.352 e. The van der Waals surface area contributed by atoms with E-state index in [1.165, 1.54) is 12.1 Å². The molecule has 0 aliphatic carbocycles. The Kier molecular flexibility index (Phi) is 6.36. The lowest BCUT2D eigenvalue weighted by molar-refractivity contribution is -0.130. The Labute approximate surface area is 143 Å². The molecule has 6 nitrogen and oxygen atoms in total. The SMILES string of the molecule is CS(=O)(=O)c1cccc(C(=O)NCCCN2CCCCCC2=O)c1. The van der Waals surface area contributed by atoms with Gasteiger partial charge in [0.05, 0.1) is 4.90 Å². The van der Waals surface area contributed by atoms with Crippen molar-refractivity contribution in [3.8, 4) is 0 Å². The molecule has 0 aromatic heterocycles. The van der Waals surface area contributed by atoms with Crippen LogP contribution in [0.25, 0.3) is 0 Å². The summed E-state index contributed by atoms with van der Waals surface area (Å²) < 4.78 is 23.1. The van der Waals surface area contributed by atoms with Crippen molar-refractivity contribution < 1.29 is 18.0 Å². The summed E-state index contributed by atoms with van der Waals surface area (Å²) in [6, 6.07) is 5.99. The molecule has 1 saturated heterocycles. The number of nitrogens with zero attached hydrogens (tertiary/aromatic N) is 1. The summed E-state index contributed by atoms with van der Waals surface area (Å²) in [5.41, 5.74) is 0.323. The minimum Gasteiger partial charge on any atom is -0.352 e. The molecule has 0 radical (unpaired) electrons. The highest BCUT2D eigenvalue weighted by Crippen LogP contribution is 2.12. The second kappa shape index (κ2) is 8.28. The van der Waals surface area contributed by atoms with Crippen LogP contribution in [0.15, 0.2) is 29.2 Å². The van der Waals surface area contributed by atoms with E-state index in [9.17, 15) is 18.0 Å². The summed E-state index contributed by atoms with van der Waals surface area (Å²) in [4.78, 5) is 26.0. The molecule has 1 aliphatic rings. The van der Waals surface area contributed by atoms with Gasteiger partial charge in [0.2, 0.25) is 5.91 Å². The number of amides is 2. The first kappa shape index (κ1) is 18.4. The topological polar surface area (TPSA) is 83.6 Å². The fourth-order valence-electron chi connectivity index (χ4n) is 2.72. The van der Waals surface area contributed by atoms with Crippen LogP contribution in [0.2, 0.25) is 0 Å². The van der Waals surface area contributed by atoms with Crippen LogP contribution in [0.1, 0.15) is 42.5 Å². The van der Waals surface area contributed by atoms with E-state index in [1.807, 2.05) is 4.90 Å². The molecule has 1 aliphatic heterocycles. The fraction of sp³-hybridized carbons (Fsp3) is 0.529. The highest BCUT2D eigenvalue weighted by molar-refractivity contribution is 7.90. The van der Waals surface area contributed by atoms with Gasteiger partial charge in [0.1, 0.15) is 0 Å². The first-order valence-corrected chi connectivity index (χ1v) is 10.1. The number of carbonyl (C=O) groups is 2. The van der Waals surface area contributed by atoms with Gasteiger partial charge in [-0.05, 0) is 37.5 Å². The predicted molar refractivity (Wildman–Crippen MR) is 91.6 cm³/mol. The van der Waals surface area contributed by atoms with Gasteiger partial charge in [-0.2, -0.15) is 0 Å². The maximum absolute atomic E-state index is 12.1. The monoisotopic (exact) mass is 352 g/mol. The fourth-order valence-corrected chi connectivity index (χ4v) is 3.38. The summed E-state index contributed by atoms with van der Waals surface area (Å²) in [6.45, 7) is 1.89. The number of nitrogens with one attached hydrogen (secondary N) is 1. The van der Waals surface area contributed by atoms with Gasteiger partial charge in [0.25, 0.3) is 5.91 Å². The van der Waals surface area contributed by atoms with E-state index in [-0.39, 0.29) is 16.7 Å². The van der Waals surface area contributed by atoms with Crippen LogP contribution in [0.5, 0.6) is 0 Å². The molecule has 0 unspecified atom stereocenters. The molecule has 0 atom stereocenters. The molecule has 1 heterocycles. The van der Waals surface area contributed by atoms with Crippen LogP contribution >= 0.6 is 0 Å². The Bertz CT molecular complexity index is 700. The molecule has 1 aromatic carbocycles. The standard InChI is InChI=1S/C17H24N2O4S/c1-24(22,23)15-8-5-7-14(13-15)17(21)18-10-6-12-19-11-4-2-3-9-16(19)20/h5,7-8,13H,2-4,6,9-12H2,1H3,(H,18,21). The lowest BCUT2D eigenvalue weighted by atomic mass is 10.2. The van der Waals surface area contributed by atoms with Gasteiger partial charge in [-0.15, -0.1) is 0 Å². The smallest absolute Gasteiger partial charge is 0.251 e. The predicted octanol–water partition coefficient (Wildman–Crippen LogP) is 1.61. The highest BCUT2D eigenvalue weighted by Gasteiger charge is 2.16. The maximum atomic E-state index is 12.1. The van der Waals surface area contributed by atoms with Crippen molar-refractivity contribution in [2.24, 2.45) is 0 Å².